The monoisotopic (exact) mass is 416 g/mol. The number of aromatic amines is 1. The van der Waals surface area contributed by atoms with E-state index in [1.165, 1.54) is 11.6 Å². The molecule has 7 heteroatoms. The zero-order chi connectivity index (χ0) is 21.2. The Hall–Kier alpha value is -3.29. The normalized spacial score (nSPS) is 15.3. The lowest BCUT2D eigenvalue weighted by molar-refractivity contribution is 0.233. The number of rotatable bonds is 5. The topological polar surface area (TPSA) is 61.8 Å². The highest BCUT2D eigenvalue weighted by atomic mass is 19.1. The minimum absolute atomic E-state index is 0.256. The molecule has 0 spiro atoms. The smallest absolute Gasteiger partial charge is 0.133 e. The van der Waals surface area contributed by atoms with Crippen LogP contribution in [0.15, 0.2) is 48.8 Å². The van der Waals surface area contributed by atoms with Gasteiger partial charge in [0.1, 0.15) is 5.82 Å². The molecular formula is C24H25FN6. The van der Waals surface area contributed by atoms with Crippen LogP contribution in [0.5, 0.6) is 0 Å². The number of aryl methyl sites for hydroxylation is 1. The summed E-state index contributed by atoms with van der Waals surface area (Å²) in [6.07, 6.45) is 7.60. The van der Waals surface area contributed by atoms with E-state index in [0.717, 1.165) is 54.9 Å². The number of nitrogens with one attached hydrogen (secondary N) is 2. The van der Waals surface area contributed by atoms with Crippen LogP contribution in [0.3, 0.4) is 0 Å². The van der Waals surface area contributed by atoms with Crippen molar-refractivity contribution in [2.45, 2.75) is 6.54 Å². The van der Waals surface area contributed by atoms with Gasteiger partial charge in [0.05, 0.1) is 17.4 Å². The maximum absolute atomic E-state index is 14.8. The van der Waals surface area contributed by atoms with Crippen molar-refractivity contribution in [1.82, 2.24) is 30.2 Å². The molecule has 4 aromatic rings. The number of fused-ring (bicyclic) bond motifs is 1. The largest absolute Gasteiger partial charge is 0.314 e. The molecule has 158 valence electrons. The van der Waals surface area contributed by atoms with Gasteiger partial charge >= 0.3 is 0 Å². The molecule has 3 heterocycles. The van der Waals surface area contributed by atoms with Crippen LogP contribution in [0.4, 0.5) is 4.39 Å². The molecule has 0 amide bonds. The highest BCUT2D eigenvalue weighted by Crippen LogP contribution is 2.29. The SMILES string of the molecule is Cn1cc(/C=C/c2n[nH]c3cc(F)c(-c4ccc(CN5CCNCC5)cc4)cc23)cn1. The molecule has 1 aliphatic heterocycles. The first-order valence-electron chi connectivity index (χ1n) is 10.5. The molecule has 2 aromatic carbocycles. The first-order chi connectivity index (χ1) is 15.2. The number of benzene rings is 2. The molecule has 1 saturated heterocycles. The number of aromatic nitrogens is 4. The quantitative estimate of drug-likeness (QED) is 0.521. The number of nitrogens with zero attached hydrogens (tertiary/aromatic N) is 4. The van der Waals surface area contributed by atoms with Gasteiger partial charge in [0.15, 0.2) is 0 Å². The van der Waals surface area contributed by atoms with E-state index >= 15 is 0 Å². The summed E-state index contributed by atoms with van der Waals surface area (Å²) in [6.45, 7) is 5.11. The second-order valence-electron chi connectivity index (χ2n) is 7.99. The van der Waals surface area contributed by atoms with Crippen LogP contribution < -0.4 is 5.32 Å². The molecule has 31 heavy (non-hydrogen) atoms. The standard InChI is InChI=1S/C24H25FN6/c1-30-15-18(14-27-30)4-7-23-21-12-20(22(25)13-24(21)29-28-23)19-5-2-17(3-6-19)16-31-10-8-26-9-11-31/h2-7,12-15,26H,8-11,16H2,1H3,(H,28,29)/b7-4+. The first-order valence-corrected chi connectivity index (χ1v) is 10.5. The third-order valence-electron chi connectivity index (χ3n) is 5.72. The van der Waals surface area contributed by atoms with Gasteiger partial charge < -0.3 is 5.32 Å². The third kappa shape index (κ3) is 4.28. The maximum Gasteiger partial charge on any atom is 0.133 e. The number of piperazine rings is 1. The minimum atomic E-state index is -0.256. The first kappa shape index (κ1) is 19.7. The molecule has 6 nitrogen and oxygen atoms in total. The second kappa shape index (κ2) is 8.45. The number of H-pyrrole nitrogens is 1. The molecule has 2 N–H and O–H groups in total. The Bertz CT molecular complexity index is 1210. The van der Waals surface area contributed by atoms with Gasteiger partial charge in [0, 0.05) is 68.5 Å². The third-order valence-corrected chi connectivity index (χ3v) is 5.72. The van der Waals surface area contributed by atoms with Gasteiger partial charge in [-0.2, -0.15) is 10.2 Å². The van der Waals surface area contributed by atoms with Crippen LogP contribution >= 0.6 is 0 Å². The molecule has 1 fully saturated rings. The van der Waals surface area contributed by atoms with E-state index in [9.17, 15) is 4.39 Å². The molecule has 0 atom stereocenters. The van der Waals surface area contributed by atoms with Crippen LogP contribution in [0.1, 0.15) is 16.8 Å². The summed E-state index contributed by atoms with van der Waals surface area (Å²) in [5, 5.41) is 15.7. The highest BCUT2D eigenvalue weighted by Gasteiger charge is 2.13. The van der Waals surface area contributed by atoms with Crippen molar-refractivity contribution < 1.29 is 4.39 Å². The molecular weight excluding hydrogens is 391 g/mol. The molecule has 0 radical (unpaired) electrons. The fraction of sp³-hybridized carbons (Fsp3) is 0.250. The molecule has 2 aromatic heterocycles. The van der Waals surface area contributed by atoms with Crippen molar-refractivity contribution in [2.24, 2.45) is 7.05 Å². The van der Waals surface area contributed by atoms with Crippen LogP contribution in [-0.4, -0.2) is 51.1 Å². The van der Waals surface area contributed by atoms with Crippen LogP contribution in [-0.2, 0) is 13.6 Å². The van der Waals surface area contributed by atoms with Crippen molar-refractivity contribution in [2.75, 3.05) is 26.2 Å². The van der Waals surface area contributed by atoms with E-state index in [-0.39, 0.29) is 5.82 Å². The van der Waals surface area contributed by atoms with Gasteiger partial charge in [0.25, 0.3) is 0 Å². The molecule has 0 saturated carbocycles. The Balaban J connectivity index is 1.41. The van der Waals surface area contributed by atoms with Gasteiger partial charge in [-0.25, -0.2) is 4.39 Å². The Morgan fingerprint density at radius 1 is 1.10 bits per heavy atom. The molecule has 5 rings (SSSR count). The fourth-order valence-electron chi connectivity index (χ4n) is 4.03. The van der Waals surface area contributed by atoms with E-state index in [4.69, 9.17) is 0 Å². The van der Waals surface area contributed by atoms with Gasteiger partial charge in [-0.15, -0.1) is 0 Å². The summed E-state index contributed by atoms with van der Waals surface area (Å²) in [5.41, 5.74) is 5.14. The summed E-state index contributed by atoms with van der Waals surface area (Å²) >= 11 is 0. The molecule has 0 unspecified atom stereocenters. The van der Waals surface area contributed by atoms with Crippen molar-refractivity contribution in [3.05, 3.63) is 71.4 Å². The summed E-state index contributed by atoms with van der Waals surface area (Å²) in [7, 11) is 1.88. The van der Waals surface area contributed by atoms with Crippen LogP contribution in [0.2, 0.25) is 0 Å². The van der Waals surface area contributed by atoms with Crippen LogP contribution in [0.25, 0.3) is 34.2 Å². The molecule has 0 bridgehead atoms. The van der Waals surface area contributed by atoms with Crippen molar-refractivity contribution in [3.63, 3.8) is 0 Å². The van der Waals surface area contributed by atoms with E-state index in [1.54, 1.807) is 10.9 Å². The lowest BCUT2D eigenvalue weighted by Crippen LogP contribution is -2.42. The van der Waals surface area contributed by atoms with Crippen molar-refractivity contribution >= 4 is 23.1 Å². The Labute approximate surface area is 180 Å². The average molecular weight is 417 g/mol. The molecule has 1 aliphatic rings. The van der Waals surface area contributed by atoms with Crippen molar-refractivity contribution in [3.8, 4) is 11.1 Å². The summed E-state index contributed by atoms with van der Waals surface area (Å²) in [4.78, 5) is 2.44. The number of hydrogen-bond donors (Lipinski definition) is 2. The van der Waals surface area contributed by atoms with Gasteiger partial charge in [-0.1, -0.05) is 24.3 Å². The van der Waals surface area contributed by atoms with E-state index in [2.05, 4.69) is 37.6 Å². The Morgan fingerprint density at radius 2 is 1.90 bits per heavy atom. The van der Waals surface area contributed by atoms with Crippen LogP contribution in [0, 0.1) is 5.82 Å². The van der Waals surface area contributed by atoms with E-state index < -0.39 is 0 Å². The zero-order valence-corrected chi connectivity index (χ0v) is 17.5. The predicted molar refractivity (Wildman–Crippen MR) is 122 cm³/mol. The highest BCUT2D eigenvalue weighted by molar-refractivity contribution is 5.92. The average Bonchev–Trinajstić information content (AvgIpc) is 3.38. The maximum atomic E-state index is 14.8. The van der Waals surface area contributed by atoms with Gasteiger partial charge in [0.2, 0.25) is 0 Å². The lowest BCUT2D eigenvalue weighted by Gasteiger charge is -2.27. The number of halogens is 1. The lowest BCUT2D eigenvalue weighted by atomic mass is 10.0. The second-order valence-corrected chi connectivity index (χ2v) is 7.99. The fourth-order valence-corrected chi connectivity index (χ4v) is 4.03. The summed E-state index contributed by atoms with van der Waals surface area (Å²) < 4.78 is 16.6. The van der Waals surface area contributed by atoms with Gasteiger partial charge in [-0.05, 0) is 29.3 Å². The van der Waals surface area contributed by atoms with E-state index in [1.807, 2.05) is 43.6 Å². The summed E-state index contributed by atoms with van der Waals surface area (Å²) in [6, 6.07) is 11.6. The number of hydrogen-bond acceptors (Lipinski definition) is 4. The van der Waals surface area contributed by atoms with Crippen molar-refractivity contribution in [1.29, 1.82) is 0 Å². The van der Waals surface area contributed by atoms with E-state index in [0.29, 0.717) is 11.1 Å². The predicted octanol–water partition coefficient (Wildman–Crippen LogP) is 3.68. The minimum Gasteiger partial charge on any atom is -0.314 e. The Kier molecular flexibility index (Phi) is 5.36. The zero-order valence-electron chi connectivity index (χ0n) is 17.5. The molecule has 0 aliphatic carbocycles. The summed E-state index contributed by atoms with van der Waals surface area (Å²) in [5.74, 6) is -0.256. The Morgan fingerprint density at radius 3 is 2.65 bits per heavy atom. The van der Waals surface area contributed by atoms with Gasteiger partial charge in [-0.3, -0.25) is 14.7 Å².